The lowest BCUT2D eigenvalue weighted by molar-refractivity contribution is 0.0925. The summed E-state index contributed by atoms with van der Waals surface area (Å²) in [6.45, 7) is 2.06. The van der Waals surface area contributed by atoms with E-state index in [0.717, 1.165) is 17.0 Å². The van der Waals surface area contributed by atoms with Crippen LogP contribution < -0.4 is 5.32 Å². The van der Waals surface area contributed by atoms with Crippen LogP contribution in [0.2, 0.25) is 0 Å². The molecule has 2 aromatic heterocycles. The molecule has 0 saturated carbocycles. The molecule has 0 radical (unpaired) electrons. The third-order valence-corrected chi connectivity index (χ3v) is 4.39. The molecule has 1 amide bonds. The number of aliphatic hydroxyl groups is 1. The molecule has 2 heterocycles. The van der Waals surface area contributed by atoms with Gasteiger partial charge < -0.3 is 10.4 Å². The smallest absolute Gasteiger partial charge is 0.270 e. The molecule has 2 rings (SSSR count). The Morgan fingerprint density at radius 2 is 2.37 bits per heavy atom. The SMILES string of the molecule is CCC(CCO)NC(=O)c1csc(-c2ccsc2)n1. The van der Waals surface area contributed by atoms with E-state index in [-0.39, 0.29) is 18.6 Å². The average Bonchev–Trinajstić information content (AvgIpc) is 3.08. The quantitative estimate of drug-likeness (QED) is 0.861. The van der Waals surface area contributed by atoms with Crippen molar-refractivity contribution in [1.29, 1.82) is 0 Å². The second kappa shape index (κ2) is 6.79. The lowest BCUT2D eigenvalue weighted by Gasteiger charge is -2.14. The Kier molecular flexibility index (Phi) is 5.07. The third kappa shape index (κ3) is 3.62. The molecule has 0 aliphatic rings. The number of aromatic nitrogens is 1. The highest BCUT2D eigenvalue weighted by Gasteiger charge is 2.15. The summed E-state index contributed by atoms with van der Waals surface area (Å²) < 4.78 is 0. The molecule has 1 atom stereocenters. The van der Waals surface area contributed by atoms with Crippen molar-refractivity contribution in [1.82, 2.24) is 10.3 Å². The van der Waals surface area contributed by atoms with Crippen LogP contribution in [0.3, 0.4) is 0 Å². The Balaban J connectivity index is 2.04. The van der Waals surface area contributed by atoms with Crippen LogP contribution in [0, 0.1) is 0 Å². The molecular formula is C13H16N2O2S2. The second-order valence-electron chi connectivity index (χ2n) is 4.14. The zero-order valence-electron chi connectivity index (χ0n) is 10.6. The van der Waals surface area contributed by atoms with Crippen molar-refractivity contribution in [2.45, 2.75) is 25.8 Å². The molecule has 1 unspecified atom stereocenters. The van der Waals surface area contributed by atoms with Crippen molar-refractivity contribution in [3.63, 3.8) is 0 Å². The number of nitrogens with zero attached hydrogens (tertiary/aromatic N) is 1. The van der Waals surface area contributed by atoms with Gasteiger partial charge in [0.2, 0.25) is 0 Å². The summed E-state index contributed by atoms with van der Waals surface area (Å²) in [7, 11) is 0. The van der Waals surface area contributed by atoms with E-state index >= 15 is 0 Å². The number of carbonyl (C=O) groups excluding carboxylic acids is 1. The van der Waals surface area contributed by atoms with Gasteiger partial charge in [-0.05, 0) is 24.3 Å². The number of aliphatic hydroxyl groups excluding tert-OH is 1. The Morgan fingerprint density at radius 3 is 3.00 bits per heavy atom. The van der Waals surface area contributed by atoms with E-state index in [9.17, 15) is 4.79 Å². The van der Waals surface area contributed by atoms with Crippen molar-refractivity contribution in [2.75, 3.05) is 6.61 Å². The van der Waals surface area contributed by atoms with Gasteiger partial charge in [0.05, 0.1) is 0 Å². The van der Waals surface area contributed by atoms with Crippen LogP contribution in [0.15, 0.2) is 22.2 Å². The first-order valence-corrected chi connectivity index (χ1v) is 7.96. The maximum absolute atomic E-state index is 12.0. The Labute approximate surface area is 120 Å². The number of hydrogen-bond donors (Lipinski definition) is 2. The molecule has 2 aromatic rings. The molecule has 6 heteroatoms. The van der Waals surface area contributed by atoms with E-state index in [0.29, 0.717) is 12.1 Å². The molecule has 0 aliphatic carbocycles. The minimum atomic E-state index is -0.168. The Hall–Kier alpha value is -1.24. The van der Waals surface area contributed by atoms with Gasteiger partial charge >= 0.3 is 0 Å². The topological polar surface area (TPSA) is 62.2 Å². The third-order valence-electron chi connectivity index (χ3n) is 2.81. The fraction of sp³-hybridized carbons (Fsp3) is 0.385. The number of nitrogens with one attached hydrogen (secondary N) is 1. The molecule has 0 saturated heterocycles. The summed E-state index contributed by atoms with van der Waals surface area (Å²) in [4.78, 5) is 16.4. The van der Waals surface area contributed by atoms with Gasteiger partial charge in [-0.25, -0.2) is 4.98 Å². The van der Waals surface area contributed by atoms with Crippen molar-refractivity contribution >= 4 is 28.6 Å². The lowest BCUT2D eigenvalue weighted by atomic mass is 10.1. The fourth-order valence-electron chi connectivity index (χ4n) is 1.69. The van der Waals surface area contributed by atoms with Gasteiger partial charge in [-0.3, -0.25) is 4.79 Å². The van der Waals surface area contributed by atoms with Gasteiger partial charge in [0.1, 0.15) is 10.7 Å². The molecule has 2 N–H and O–H groups in total. The molecule has 0 aliphatic heterocycles. The lowest BCUT2D eigenvalue weighted by Crippen LogP contribution is -2.35. The Morgan fingerprint density at radius 1 is 1.53 bits per heavy atom. The normalized spacial score (nSPS) is 12.3. The monoisotopic (exact) mass is 296 g/mol. The van der Waals surface area contributed by atoms with E-state index in [1.807, 2.05) is 23.8 Å². The van der Waals surface area contributed by atoms with E-state index in [2.05, 4.69) is 10.3 Å². The van der Waals surface area contributed by atoms with Gasteiger partial charge in [-0.1, -0.05) is 6.92 Å². The van der Waals surface area contributed by atoms with Gasteiger partial charge in [-0.2, -0.15) is 11.3 Å². The molecule has 0 spiro atoms. The number of carbonyl (C=O) groups is 1. The van der Waals surface area contributed by atoms with Crippen LogP contribution in [-0.4, -0.2) is 28.6 Å². The predicted molar refractivity (Wildman–Crippen MR) is 78.7 cm³/mol. The molecule has 0 fully saturated rings. The number of hydrogen-bond acceptors (Lipinski definition) is 5. The molecule has 0 bridgehead atoms. The molecule has 0 aromatic carbocycles. The van der Waals surface area contributed by atoms with Crippen molar-refractivity contribution in [3.8, 4) is 10.6 Å². The summed E-state index contributed by atoms with van der Waals surface area (Å²) in [5.74, 6) is -0.168. The van der Waals surface area contributed by atoms with Gasteiger partial charge in [0, 0.05) is 29.0 Å². The summed E-state index contributed by atoms with van der Waals surface area (Å²) in [5, 5.41) is 18.4. The number of rotatable bonds is 6. The van der Waals surface area contributed by atoms with Crippen molar-refractivity contribution in [3.05, 3.63) is 27.9 Å². The maximum atomic E-state index is 12.0. The molecule has 102 valence electrons. The van der Waals surface area contributed by atoms with Crippen LogP contribution in [0.25, 0.3) is 10.6 Å². The van der Waals surface area contributed by atoms with Gasteiger partial charge in [0.25, 0.3) is 5.91 Å². The minimum Gasteiger partial charge on any atom is -0.396 e. The summed E-state index contributed by atoms with van der Waals surface area (Å²) in [5.41, 5.74) is 1.50. The summed E-state index contributed by atoms with van der Waals surface area (Å²) in [6.07, 6.45) is 1.37. The van der Waals surface area contributed by atoms with E-state index in [4.69, 9.17) is 5.11 Å². The molecule has 4 nitrogen and oxygen atoms in total. The van der Waals surface area contributed by atoms with Crippen LogP contribution in [-0.2, 0) is 0 Å². The van der Waals surface area contributed by atoms with Gasteiger partial charge in [0.15, 0.2) is 0 Å². The van der Waals surface area contributed by atoms with Crippen LogP contribution in [0.4, 0.5) is 0 Å². The fourth-order valence-corrected chi connectivity index (χ4v) is 3.20. The van der Waals surface area contributed by atoms with E-state index in [1.54, 1.807) is 16.7 Å². The Bertz CT molecular complexity index is 522. The minimum absolute atomic E-state index is 0.00352. The van der Waals surface area contributed by atoms with Crippen molar-refractivity contribution < 1.29 is 9.90 Å². The number of thiophene rings is 1. The number of amides is 1. The highest BCUT2D eigenvalue weighted by atomic mass is 32.1. The standard InChI is InChI=1S/C13H16N2O2S2/c1-2-10(3-5-16)14-12(17)11-8-19-13(15-11)9-4-6-18-7-9/h4,6-8,10,16H,2-3,5H2,1H3,(H,14,17). The summed E-state index contributed by atoms with van der Waals surface area (Å²) >= 11 is 3.08. The first kappa shape index (κ1) is 14.2. The highest BCUT2D eigenvalue weighted by Crippen LogP contribution is 2.25. The van der Waals surface area contributed by atoms with Gasteiger partial charge in [-0.15, -0.1) is 11.3 Å². The van der Waals surface area contributed by atoms with E-state index in [1.165, 1.54) is 11.3 Å². The average molecular weight is 296 g/mol. The zero-order chi connectivity index (χ0) is 13.7. The first-order valence-electron chi connectivity index (χ1n) is 6.14. The van der Waals surface area contributed by atoms with Crippen molar-refractivity contribution in [2.24, 2.45) is 0 Å². The zero-order valence-corrected chi connectivity index (χ0v) is 12.3. The van der Waals surface area contributed by atoms with Crippen LogP contribution in [0.1, 0.15) is 30.3 Å². The van der Waals surface area contributed by atoms with Crippen LogP contribution in [0.5, 0.6) is 0 Å². The predicted octanol–water partition coefficient (Wildman–Crippen LogP) is 2.76. The largest absolute Gasteiger partial charge is 0.396 e. The first-order chi connectivity index (χ1) is 9.24. The van der Waals surface area contributed by atoms with E-state index < -0.39 is 0 Å². The number of thiazole rings is 1. The van der Waals surface area contributed by atoms with Crippen LogP contribution >= 0.6 is 22.7 Å². The second-order valence-corrected chi connectivity index (χ2v) is 5.78. The summed E-state index contributed by atoms with van der Waals surface area (Å²) in [6, 6.07) is 2.00. The molecule has 19 heavy (non-hydrogen) atoms. The highest BCUT2D eigenvalue weighted by molar-refractivity contribution is 7.14. The molecular weight excluding hydrogens is 280 g/mol. The maximum Gasteiger partial charge on any atom is 0.270 e.